The number of carbonyl (C=O) groups is 2. The zero-order valence-corrected chi connectivity index (χ0v) is 16.9. The minimum absolute atomic E-state index is 0.0710. The Kier molecular flexibility index (Phi) is 7.17. The van der Waals surface area contributed by atoms with Gasteiger partial charge >= 0.3 is 0 Å². The molecule has 28 heavy (non-hydrogen) atoms. The highest BCUT2D eigenvalue weighted by Crippen LogP contribution is 2.21. The molecule has 2 rings (SSSR count). The van der Waals surface area contributed by atoms with Gasteiger partial charge in [-0.15, -0.1) is 0 Å². The van der Waals surface area contributed by atoms with Crippen LogP contribution in [0.3, 0.4) is 0 Å². The molecule has 0 unspecified atom stereocenters. The third-order valence-corrected chi connectivity index (χ3v) is 5.61. The molecule has 0 saturated carbocycles. The van der Waals surface area contributed by atoms with E-state index in [-0.39, 0.29) is 17.4 Å². The van der Waals surface area contributed by atoms with Crippen LogP contribution in [-0.2, 0) is 19.6 Å². The van der Waals surface area contributed by atoms with Crippen LogP contribution < -0.4 is 14.8 Å². The fraction of sp³-hybridized carbons (Fsp3) is 0.300. The van der Waals surface area contributed by atoms with Crippen LogP contribution in [-0.4, -0.2) is 26.8 Å². The quantitative estimate of drug-likeness (QED) is 0.704. The third-order valence-electron chi connectivity index (χ3n) is 4.16. The second-order valence-electron chi connectivity index (χ2n) is 6.40. The van der Waals surface area contributed by atoms with Crippen molar-refractivity contribution in [3.05, 3.63) is 54.1 Å². The van der Waals surface area contributed by atoms with Gasteiger partial charge in [0.15, 0.2) is 6.61 Å². The highest BCUT2D eigenvalue weighted by molar-refractivity contribution is 7.90. The van der Waals surface area contributed by atoms with Crippen LogP contribution in [0.1, 0.15) is 38.7 Å². The molecule has 0 fully saturated rings. The maximum absolute atomic E-state index is 12.0. The van der Waals surface area contributed by atoms with Crippen molar-refractivity contribution in [2.75, 3.05) is 11.9 Å². The molecule has 0 radical (unpaired) electrons. The molecule has 0 saturated heterocycles. The molecule has 2 aromatic rings. The molecular weight excluding hydrogens is 380 g/mol. The van der Waals surface area contributed by atoms with Crippen molar-refractivity contribution < 1.29 is 22.7 Å². The average Bonchev–Trinajstić information content (AvgIpc) is 2.65. The van der Waals surface area contributed by atoms with Crippen molar-refractivity contribution >= 4 is 27.5 Å². The molecule has 7 nitrogen and oxygen atoms in total. The number of hydrogen-bond acceptors (Lipinski definition) is 5. The second kappa shape index (κ2) is 9.36. The van der Waals surface area contributed by atoms with Crippen molar-refractivity contribution in [3.63, 3.8) is 0 Å². The molecule has 0 aromatic heterocycles. The zero-order chi connectivity index (χ0) is 20.7. The first kappa shape index (κ1) is 21.4. The minimum atomic E-state index is -3.90. The van der Waals surface area contributed by atoms with Crippen LogP contribution in [0, 0.1) is 0 Å². The van der Waals surface area contributed by atoms with Crippen LogP contribution >= 0.6 is 0 Å². The van der Waals surface area contributed by atoms with Gasteiger partial charge in [-0.05, 0) is 54.3 Å². The minimum Gasteiger partial charge on any atom is -0.484 e. The van der Waals surface area contributed by atoms with E-state index in [9.17, 15) is 18.0 Å². The Labute approximate surface area is 165 Å². The van der Waals surface area contributed by atoms with Crippen molar-refractivity contribution in [3.8, 4) is 5.75 Å². The van der Waals surface area contributed by atoms with E-state index in [4.69, 9.17) is 4.74 Å². The van der Waals surface area contributed by atoms with Crippen LogP contribution in [0.2, 0.25) is 0 Å². The van der Waals surface area contributed by atoms with Crippen molar-refractivity contribution in [2.45, 2.75) is 38.0 Å². The SMILES string of the molecule is CC[C@@H](C)c1ccc(OCC(=O)Nc2ccc(S(=O)(=O)NC(C)=O)cc2)cc1. The first-order valence-corrected chi connectivity index (χ1v) is 10.4. The normalized spacial score (nSPS) is 12.1. The Morgan fingerprint density at radius 2 is 1.64 bits per heavy atom. The summed E-state index contributed by atoms with van der Waals surface area (Å²) in [4.78, 5) is 22.9. The molecular formula is C20H24N2O5S. The number of sulfonamides is 1. The van der Waals surface area contributed by atoms with Crippen molar-refractivity contribution in [1.29, 1.82) is 0 Å². The number of rotatable bonds is 8. The molecule has 2 amide bonds. The van der Waals surface area contributed by atoms with E-state index in [1.807, 2.05) is 29.0 Å². The lowest BCUT2D eigenvalue weighted by Gasteiger charge is -2.11. The molecule has 2 N–H and O–H groups in total. The Hall–Kier alpha value is -2.87. The number of ether oxygens (including phenoxy) is 1. The van der Waals surface area contributed by atoms with Gasteiger partial charge in [-0.3, -0.25) is 9.59 Å². The van der Waals surface area contributed by atoms with Crippen molar-refractivity contribution in [2.24, 2.45) is 0 Å². The molecule has 2 aromatic carbocycles. The Bertz CT molecular complexity index is 922. The molecule has 0 heterocycles. The maximum Gasteiger partial charge on any atom is 0.264 e. The largest absolute Gasteiger partial charge is 0.484 e. The third kappa shape index (κ3) is 6.09. The monoisotopic (exact) mass is 404 g/mol. The maximum atomic E-state index is 12.0. The fourth-order valence-corrected chi connectivity index (χ4v) is 3.43. The van der Waals surface area contributed by atoms with Gasteiger partial charge in [0, 0.05) is 12.6 Å². The summed E-state index contributed by atoms with van der Waals surface area (Å²) in [6.07, 6.45) is 1.05. The van der Waals surface area contributed by atoms with Gasteiger partial charge in [0.25, 0.3) is 15.9 Å². The van der Waals surface area contributed by atoms with E-state index in [0.717, 1.165) is 13.3 Å². The van der Waals surface area contributed by atoms with Crippen molar-refractivity contribution in [1.82, 2.24) is 4.72 Å². The Morgan fingerprint density at radius 3 is 2.18 bits per heavy atom. The van der Waals surface area contributed by atoms with E-state index < -0.39 is 15.9 Å². The standard InChI is InChI=1S/C20H24N2O5S/c1-4-14(2)16-5-9-18(10-6-16)27-13-20(24)21-17-7-11-19(12-8-17)28(25,26)22-15(3)23/h5-12,14H,4,13H2,1-3H3,(H,21,24)(H,22,23)/t14-/m1/s1. The van der Waals surface area contributed by atoms with E-state index in [1.54, 1.807) is 0 Å². The summed E-state index contributed by atoms with van der Waals surface area (Å²) in [5.74, 6) is 0.0175. The number of anilines is 1. The molecule has 0 bridgehead atoms. The van der Waals surface area contributed by atoms with Gasteiger partial charge < -0.3 is 10.1 Å². The summed E-state index contributed by atoms with van der Waals surface area (Å²) < 4.78 is 31.1. The lowest BCUT2D eigenvalue weighted by Crippen LogP contribution is -2.28. The summed E-state index contributed by atoms with van der Waals surface area (Å²) in [7, 11) is -3.90. The Morgan fingerprint density at radius 1 is 1.04 bits per heavy atom. The number of amides is 2. The van der Waals surface area contributed by atoms with E-state index in [0.29, 0.717) is 17.4 Å². The lowest BCUT2D eigenvalue weighted by molar-refractivity contribution is -0.118. The van der Waals surface area contributed by atoms with E-state index in [2.05, 4.69) is 19.2 Å². The van der Waals surface area contributed by atoms with E-state index >= 15 is 0 Å². The molecule has 8 heteroatoms. The molecule has 0 aliphatic heterocycles. The second-order valence-corrected chi connectivity index (χ2v) is 8.08. The van der Waals surface area contributed by atoms with Crippen LogP contribution in [0.5, 0.6) is 5.75 Å². The van der Waals surface area contributed by atoms with Gasteiger partial charge in [0.2, 0.25) is 5.91 Å². The summed E-state index contributed by atoms with van der Waals surface area (Å²) in [5.41, 5.74) is 1.64. The summed E-state index contributed by atoms with van der Waals surface area (Å²) in [6, 6.07) is 13.1. The highest BCUT2D eigenvalue weighted by Gasteiger charge is 2.15. The number of hydrogen-bond donors (Lipinski definition) is 2. The molecule has 0 aliphatic carbocycles. The predicted octanol–water partition coefficient (Wildman–Crippen LogP) is 3.04. The highest BCUT2D eigenvalue weighted by atomic mass is 32.2. The zero-order valence-electron chi connectivity index (χ0n) is 16.1. The number of nitrogens with one attached hydrogen (secondary N) is 2. The Balaban J connectivity index is 1.90. The predicted molar refractivity (Wildman–Crippen MR) is 107 cm³/mol. The topological polar surface area (TPSA) is 102 Å². The lowest BCUT2D eigenvalue weighted by atomic mass is 9.99. The summed E-state index contributed by atoms with van der Waals surface area (Å²) >= 11 is 0. The molecule has 0 aliphatic rings. The summed E-state index contributed by atoms with van der Waals surface area (Å²) in [6.45, 7) is 5.22. The van der Waals surface area contributed by atoms with Gasteiger partial charge in [-0.25, -0.2) is 13.1 Å². The molecule has 150 valence electrons. The number of carbonyl (C=O) groups excluding carboxylic acids is 2. The van der Waals surface area contributed by atoms with Gasteiger partial charge in [0.05, 0.1) is 4.90 Å². The molecule has 1 atom stereocenters. The first-order valence-electron chi connectivity index (χ1n) is 8.87. The van der Waals surface area contributed by atoms with Gasteiger partial charge in [0.1, 0.15) is 5.75 Å². The molecule has 0 spiro atoms. The van der Waals surface area contributed by atoms with Gasteiger partial charge in [-0.1, -0.05) is 26.0 Å². The van der Waals surface area contributed by atoms with E-state index in [1.165, 1.54) is 29.8 Å². The summed E-state index contributed by atoms with van der Waals surface area (Å²) in [5, 5.41) is 2.62. The van der Waals surface area contributed by atoms with Gasteiger partial charge in [-0.2, -0.15) is 0 Å². The number of benzene rings is 2. The average molecular weight is 404 g/mol. The van der Waals surface area contributed by atoms with Crippen LogP contribution in [0.15, 0.2) is 53.4 Å². The first-order chi connectivity index (χ1) is 13.2. The smallest absolute Gasteiger partial charge is 0.264 e. The fourth-order valence-electron chi connectivity index (χ4n) is 2.44. The van der Waals surface area contributed by atoms with Crippen LogP contribution in [0.4, 0.5) is 5.69 Å². The van der Waals surface area contributed by atoms with Crippen LogP contribution in [0.25, 0.3) is 0 Å².